The molecule has 3 aromatic rings. The van der Waals surface area contributed by atoms with Gasteiger partial charge in [-0.3, -0.25) is 0 Å². The van der Waals surface area contributed by atoms with Crippen molar-refractivity contribution in [3.63, 3.8) is 0 Å². The van der Waals surface area contributed by atoms with Crippen molar-refractivity contribution in [1.82, 2.24) is 0 Å². The largest absolute Gasteiger partial charge is 0.497 e. The van der Waals surface area contributed by atoms with Crippen LogP contribution in [0.2, 0.25) is 0 Å². The van der Waals surface area contributed by atoms with Gasteiger partial charge < -0.3 is 4.74 Å². The van der Waals surface area contributed by atoms with Crippen molar-refractivity contribution in [2.75, 3.05) is 7.11 Å². The monoisotopic (exact) mass is 354 g/mol. The summed E-state index contributed by atoms with van der Waals surface area (Å²) in [5, 5.41) is 0. The normalized spacial score (nSPS) is 12.1. The first-order chi connectivity index (χ1) is 13.3. The van der Waals surface area contributed by atoms with E-state index in [9.17, 15) is 0 Å². The SMILES string of the molecule is C/C=C/c1ccc(/C(=C(\CC)c2ccccc2)c2ccc(OC)cc2)cc1. The molecule has 0 aliphatic heterocycles. The summed E-state index contributed by atoms with van der Waals surface area (Å²) in [5.74, 6) is 0.874. The Balaban J connectivity index is 2.20. The van der Waals surface area contributed by atoms with Gasteiger partial charge >= 0.3 is 0 Å². The molecule has 0 spiro atoms. The highest BCUT2D eigenvalue weighted by atomic mass is 16.5. The van der Waals surface area contributed by atoms with Gasteiger partial charge in [0.1, 0.15) is 5.75 Å². The van der Waals surface area contributed by atoms with Crippen molar-refractivity contribution in [2.45, 2.75) is 20.3 Å². The Kier molecular flexibility index (Phi) is 6.27. The van der Waals surface area contributed by atoms with Crippen LogP contribution in [0.25, 0.3) is 17.2 Å². The Hall–Kier alpha value is -3.06. The molecule has 27 heavy (non-hydrogen) atoms. The summed E-state index contributed by atoms with van der Waals surface area (Å²) < 4.78 is 5.35. The van der Waals surface area contributed by atoms with E-state index in [2.05, 4.69) is 85.8 Å². The molecule has 0 amide bonds. The standard InChI is InChI=1S/C26H26O/c1-4-9-20-12-14-22(15-13-20)26(23-16-18-24(27-3)19-17-23)25(5-2)21-10-7-6-8-11-21/h4,6-19H,5H2,1-3H3/b9-4+,26-25-. The fourth-order valence-corrected chi connectivity index (χ4v) is 3.39. The van der Waals surface area contributed by atoms with Gasteiger partial charge in [0.15, 0.2) is 0 Å². The van der Waals surface area contributed by atoms with E-state index in [1.165, 1.54) is 33.4 Å². The molecule has 3 rings (SSSR count). The highest BCUT2D eigenvalue weighted by Gasteiger charge is 2.13. The first kappa shape index (κ1) is 18.7. The molecule has 0 aliphatic carbocycles. The lowest BCUT2D eigenvalue weighted by molar-refractivity contribution is 0.415. The zero-order valence-electron chi connectivity index (χ0n) is 16.3. The van der Waals surface area contributed by atoms with Gasteiger partial charge in [-0.05, 0) is 58.9 Å². The second kappa shape index (κ2) is 9.05. The third kappa shape index (κ3) is 4.38. The van der Waals surface area contributed by atoms with Crippen molar-refractivity contribution >= 4 is 17.2 Å². The molecule has 0 N–H and O–H groups in total. The zero-order valence-corrected chi connectivity index (χ0v) is 16.3. The molecular weight excluding hydrogens is 328 g/mol. The van der Waals surface area contributed by atoms with Gasteiger partial charge in [-0.15, -0.1) is 0 Å². The van der Waals surface area contributed by atoms with Crippen molar-refractivity contribution < 1.29 is 4.74 Å². The number of methoxy groups -OCH3 is 1. The van der Waals surface area contributed by atoms with Crippen LogP contribution in [0.1, 0.15) is 42.5 Å². The second-order valence-corrected chi connectivity index (χ2v) is 6.42. The molecule has 0 radical (unpaired) electrons. The Labute approximate surface area is 162 Å². The minimum absolute atomic E-state index is 0.874. The van der Waals surface area contributed by atoms with Gasteiger partial charge in [0.2, 0.25) is 0 Å². The summed E-state index contributed by atoms with van der Waals surface area (Å²) in [6.07, 6.45) is 5.15. The molecule has 0 atom stereocenters. The molecule has 0 bridgehead atoms. The van der Waals surface area contributed by atoms with Gasteiger partial charge in [0.05, 0.1) is 7.11 Å². The quantitative estimate of drug-likeness (QED) is 0.429. The molecule has 0 aliphatic rings. The summed E-state index contributed by atoms with van der Waals surface area (Å²) in [7, 11) is 1.70. The average Bonchev–Trinajstić information content (AvgIpc) is 2.74. The molecule has 0 saturated carbocycles. The maximum atomic E-state index is 5.35. The second-order valence-electron chi connectivity index (χ2n) is 6.42. The lowest BCUT2D eigenvalue weighted by atomic mass is 9.88. The van der Waals surface area contributed by atoms with E-state index in [0.717, 1.165) is 12.2 Å². The number of rotatable bonds is 6. The molecule has 0 aromatic heterocycles. The molecule has 3 aromatic carbocycles. The lowest BCUT2D eigenvalue weighted by Gasteiger charge is -2.17. The van der Waals surface area contributed by atoms with Crippen LogP contribution in [0, 0.1) is 0 Å². The van der Waals surface area contributed by atoms with Crippen molar-refractivity contribution in [1.29, 1.82) is 0 Å². The van der Waals surface area contributed by atoms with E-state index in [4.69, 9.17) is 4.74 Å². The molecule has 0 fully saturated rings. The lowest BCUT2D eigenvalue weighted by Crippen LogP contribution is -1.95. The maximum Gasteiger partial charge on any atom is 0.118 e. The minimum Gasteiger partial charge on any atom is -0.497 e. The van der Waals surface area contributed by atoms with Crippen molar-refractivity contribution in [3.05, 3.63) is 107 Å². The highest BCUT2D eigenvalue weighted by molar-refractivity contribution is 5.98. The zero-order chi connectivity index (χ0) is 19.1. The van der Waals surface area contributed by atoms with E-state index in [1.54, 1.807) is 7.11 Å². The van der Waals surface area contributed by atoms with Gasteiger partial charge in [-0.1, -0.05) is 85.8 Å². The Bertz CT molecular complexity index is 914. The number of hydrogen-bond acceptors (Lipinski definition) is 1. The molecule has 0 saturated heterocycles. The van der Waals surface area contributed by atoms with E-state index in [1.807, 2.05) is 19.1 Å². The Morgan fingerprint density at radius 2 is 1.37 bits per heavy atom. The topological polar surface area (TPSA) is 9.23 Å². The third-order valence-corrected chi connectivity index (χ3v) is 4.71. The van der Waals surface area contributed by atoms with Crippen LogP contribution in [0.4, 0.5) is 0 Å². The fraction of sp³-hybridized carbons (Fsp3) is 0.154. The van der Waals surface area contributed by atoms with Crippen molar-refractivity contribution in [3.8, 4) is 5.75 Å². The summed E-state index contributed by atoms with van der Waals surface area (Å²) in [4.78, 5) is 0. The maximum absolute atomic E-state index is 5.35. The van der Waals surface area contributed by atoms with Gasteiger partial charge in [-0.2, -0.15) is 0 Å². The molecule has 0 heterocycles. The Morgan fingerprint density at radius 1 is 0.778 bits per heavy atom. The van der Waals surface area contributed by atoms with Crippen LogP contribution < -0.4 is 4.74 Å². The first-order valence-corrected chi connectivity index (χ1v) is 9.43. The summed E-state index contributed by atoms with van der Waals surface area (Å²) >= 11 is 0. The number of ether oxygens (including phenoxy) is 1. The van der Waals surface area contributed by atoms with E-state index in [0.29, 0.717) is 0 Å². The number of allylic oxidation sites excluding steroid dienone is 2. The molecule has 1 nitrogen and oxygen atoms in total. The molecular formula is C26H26O. The van der Waals surface area contributed by atoms with E-state index >= 15 is 0 Å². The van der Waals surface area contributed by atoms with Crippen LogP contribution in [-0.4, -0.2) is 7.11 Å². The number of benzene rings is 3. The van der Waals surface area contributed by atoms with Crippen LogP contribution in [-0.2, 0) is 0 Å². The predicted octanol–water partition coefficient (Wildman–Crippen LogP) is 7.10. The van der Waals surface area contributed by atoms with Crippen LogP contribution >= 0.6 is 0 Å². The van der Waals surface area contributed by atoms with Gasteiger partial charge in [0.25, 0.3) is 0 Å². The van der Waals surface area contributed by atoms with Crippen LogP contribution in [0.15, 0.2) is 84.9 Å². The van der Waals surface area contributed by atoms with Gasteiger partial charge in [-0.25, -0.2) is 0 Å². The highest BCUT2D eigenvalue weighted by Crippen LogP contribution is 2.35. The molecule has 1 heteroatoms. The number of hydrogen-bond donors (Lipinski definition) is 0. The summed E-state index contributed by atoms with van der Waals surface area (Å²) in [6.45, 7) is 4.27. The first-order valence-electron chi connectivity index (χ1n) is 9.43. The van der Waals surface area contributed by atoms with Crippen LogP contribution in [0.5, 0.6) is 5.75 Å². The van der Waals surface area contributed by atoms with Crippen molar-refractivity contribution in [2.24, 2.45) is 0 Å². The predicted molar refractivity (Wildman–Crippen MR) is 117 cm³/mol. The third-order valence-electron chi connectivity index (χ3n) is 4.71. The molecule has 136 valence electrons. The van der Waals surface area contributed by atoms with E-state index in [-0.39, 0.29) is 0 Å². The van der Waals surface area contributed by atoms with Crippen LogP contribution in [0.3, 0.4) is 0 Å². The summed E-state index contributed by atoms with van der Waals surface area (Å²) in [5.41, 5.74) is 7.54. The fourth-order valence-electron chi connectivity index (χ4n) is 3.39. The minimum atomic E-state index is 0.874. The smallest absolute Gasteiger partial charge is 0.118 e. The average molecular weight is 354 g/mol. The van der Waals surface area contributed by atoms with E-state index < -0.39 is 0 Å². The molecule has 0 unspecified atom stereocenters. The van der Waals surface area contributed by atoms with Gasteiger partial charge in [0, 0.05) is 0 Å². The Morgan fingerprint density at radius 3 is 1.89 bits per heavy atom. The summed E-state index contributed by atoms with van der Waals surface area (Å²) in [6, 6.07) is 27.8.